The summed E-state index contributed by atoms with van der Waals surface area (Å²) < 4.78 is 6.31. The van der Waals surface area contributed by atoms with Gasteiger partial charge in [0.05, 0.1) is 0 Å². The van der Waals surface area contributed by atoms with Crippen molar-refractivity contribution >= 4 is 76.7 Å². The van der Waals surface area contributed by atoms with Crippen LogP contribution in [0.4, 0.5) is 0 Å². The fraction of sp³-hybridized carbons (Fsp3) is 0.100. The number of fused-ring (bicyclic) bond motifs is 11. The van der Waals surface area contributed by atoms with Gasteiger partial charge in [-0.25, -0.2) is 0 Å². The Morgan fingerprint density at radius 1 is 0.492 bits per heavy atom. The summed E-state index contributed by atoms with van der Waals surface area (Å²) in [7, 11) is 0. The quantitative estimate of drug-likeness (QED) is 0.125. The molecule has 61 heavy (non-hydrogen) atoms. The van der Waals surface area contributed by atoms with Crippen molar-refractivity contribution in [3.05, 3.63) is 204 Å². The molecule has 12 rings (SSSR count). The fourth-order valence-electron chi connectivity index (χ4n) is 10.7. The van der Waals surface area contributed by atoms with Crippen molar-refractivity contribution in [1.82, 2.24) is 0 Å². The number of hydrogen-bond donors (Lipinski definition) is 0. The van der Waals surface area contributed by atoms with Crippen molar-refractivity contribution in [2.45, 2.75) is 39.5 Å². The van der Waals surface area contributed by atoms with Crippen LogP contribution in [0.15, 0.2) is 180 Å². The Morgan fingerprint density at radius 3 is 1.82 bits per heavy atom. The number of hydrogen-bond acceptors (Lipinski definition) is 1. The lowest BCUT2D eigenvalue weighted by Gasteiger charge is -2.22. The van der Waals surface area contributed by atoms with Crippen LogP contribution in [-0.2, 0) is 11.8 Å². The van der Waals surface area contributed by atoms with Gasteiger partial charge in [-0.3, -0.25) is 0 Å². The molecular weight excluding hydrogens is 737 g/mol. The fourth-order valence-corrected chi connectivity index (χ4v) is 10.7. The third-order valence-electron chi connectivity index (χ3n) is 13.8. The third-order valence-corrected chi connectivity index (χ3v) is 13.8. The molecule has 0 saturated carbocycles. The lowest BCUT2D eigenvalue weighted by atomic mass is 9.81. The molecule has 0 N–H and O–H groups in total. The van der Waals surface area contributed by atoms with Crippen LogP contribution in [0.3, 0.4) is 0 Å². The van der Waals surface area contributed by atoms with Gasteiger partial charge in [-0.2, -0.15) is 0 Å². The van der Waals surface area contributed by atoms with Crippen LogP contribution < -0.4 is 0 Å². The van der Waals surface area contributed by atoms with E-state index in [0.717, 1.165) is 17.6 Å². The zero-order valence-electron chi connectivity index (χ0n) is 34.9. The smallest absolute Gasteiger partial charge is 0.136 e. The number of aryl methyl sites for hydroxylation is 1. The maximum Gasteiger partial charge on any atom is 0.136 e. The standard InChI is InChI=1S/C60H44O/c1-5-37-31-43(57-45-16-8-10-18-47(45)58(48-19-11-9-17-46(48)57)44-24-22-38-14-6-7-15-40(38)32-44)25-23-41(37)30-36(2)39-26-28-53-51(33-39)52-35-50-42(34-54(52)60(53,3)4)27-29-56-59(50)49-20-12-13-21-55(49)61-56/h6-35H,5H2,1-4H3/b36-30+. The monoisotopic (exact) mass is 780 g/mol. The van der Waals surface area contributed by atoms with Gasteiger partial charge in [0.15, 0.2) is 0 Å². The van der Waals surface area contributed by atoms with Crippen molar-refractivity contribution in [3.8, 4) is 33.4 Å². The summed E-state index contributed by atoms with van der Waals surface area (Å²) in [5, 5.41) is 12.5. The summed E-state index contributed by atoms with van der Waals surface area (Å²) in [4.78, 5) is 0. The summed E-state index contributed by atoms with van der Waals surface area (Å²) >= 11 is 0. The lowest BCUT2D eigenvalue weighted by Crippen LogP contribution is -2.14. The molecule has 1 aromatic heterocycles. The topological polar surface area (TPSA) is 13.1 Å². The van der Waals surface area contributed by atoms with Crippen molar-refractivity contribution < 1.29 is 4.42 Å². The van der Waals surface area contributed by atoms with Gasteiger partial charge >= 0.3 is 0 Å². The van der Waals surface area contributed by atoms with Crippen LogP contribution in [0.25, 0.3) is 110 Å². The molecular formula is C60H44O. The highest BCUT2D eigenvalue weighted by atomic mass is 16.3. The molecule has 0 unspecified atom stereocenters. The molecule has 1 heterocycles. The van der Waals surface area contributed by atoms with Crippen LogP contribution in [0.5, 0.6) is 0 Å². The van der Waals surface area contributed by atoms with Crippen LogP contribution in [0.2, 0.25) is 0 Å². The molecule has 0 saturated heterocycles. The van der Waals surface area contributed by atoms with Gasteiger partial charge in [0.1, 0.15) is 11.2 Å². The predicted molar refractivity (Wildman–Crippen MR) is 262 cm³/mol. The number of benzene rings is 10. The summed E-state index contributed by atoms with van der Waals surface area (Å²) in [5.41, 5.74) is 17.4. The van der Waals surface area contributed by atoms with Crippen LogP contribution in [0.1, 0.15) is 55.5 Å². The second-order valence-electron chi connectivity index (χ2n) is 17.5. The predicted octanol–water partition coefficient (Wildman–Crippen LogP) is 17.0. The molecule has 1 aliphatic carbocycles. The van der Waals surface area contributed by atoms with Gasteiger partial charge in [0.25, 0.3) is 0 Å². The SMILES string of the molecule is CCc1cc(-c2c3ccccc3c(-c3ccc4ccccc4c3)c3ccccc23)ccc1/C=C(\C)c1ccc2c(c1)-c1cc3c(ccc4oc5ccccc5c43)cc1C2(C)C. The van der Waals surface area contributed by atoms with Gasteiger partial charge in [-0.1, -0.05) is 166 Å². The minimum absolute atomic E-state index is 0.102. The van der Waals surface area contributed by atoms with E-state index in [4.69, 9.17) is 4.42 Å². The molecule has 0 amide bonds. The molecule has 0 atom stereocenters. The molecule has 10 aromatic carbocycles. The van der Waals surface area contributed by atoms with E-state index >= 15 is 0 Å². The average Bonchev–Trinajstić information content (AvgIpc) is 3.79. The summed E-state index contributed by atoms with van der Waals surface area (Å²) in [5.74, 6) is 0. The van der Waals surface area contributed by atoms with E-state index in [1.807, 2.05) is 6.07 Å². The van der Waals surface area contributed by atoms with Gasteiger partial charge in [0, 0.05) is 16.2 Å². The van der Waals surface area contributed by atoms with E-state index in [0.29, 0.717) is 0 Å². The van der Waals surface area contributed by atoms with Crippen molar-refractivity contribution in [2.75, 3.05) is 0 Å². The first-order chi connectivity index (χ1) is 29.9. The minimum atomic E-state index is -0.102. The Kier molecular flexibility index (Phi) is 7.84. The van der Waals surface area contributed by atoms with E-state index in [-0.39, 0.29) is 5.41 Å². The molecule has 0 aliphatic heterocycles. The molecule has 11 aromatic rings. The van der Waals surface area contributed by atoms with Gasteiger partial charge < -0.3 is 4.42 Å². The zero-order valence-corrected chi connectivity index (χ0v) is 34.9. The van der Waals surface area contributed by atoms with E-state index in [1.165, 1.54) is 121 Å². The number of rotatable bonds is 5. The van der Waals surface area contributed by atoms with Crippen LogP contribution in [0, 0.1) is 0 Å². The molecule has 290 valence electrons. The van der Waals surface area contributed by atoms with Crippen LogP contribution in [-0.4, -0.2) is 0 Å². The summed E-state index contributed by atoms with van der Waals surface area (Å²) in [6.45, 7) is 9.29. The zero-order chi connectivity index (χ0) is 41.0. The molecule has 0 radical (unpaired) electrons. The first-order valence-corrected chi connectivity index (χ1v) is 21.6. The molecule has 1 nitrogen and oxygen atoms in total. The molecule has 0 bridgehead atoms. The molecule has 1 heteroatoms. The molecule has 0 fully saturated rings. The van der Waals surface area contributed by atoms with Gasteiger partial charge in [-0.05, 0) is 160 Å². The number of furan rings is 1. The first-order valence-electron chi connectivity index (χ1n) is 21.6. The van der Waals surface area contributed by atoms with E-state index in [9.17, 15) is 0 Å². The normalized spacial score (nSPS) is 13.5. The lowest BCUT2D eigenvalue weighted by molar-refractivity contribution is 0.661. The molecule has 1 aliphatic rings. The Bertz CT molecular complexity index is 3610. The second-order valence-corrected chi connectivity index (χ2v) is 17.5. The summed E-state index contributed by atoms with van der Waals surface area (Å²) in [6, 6.07) is 65.4. The first kappa shape index (κ1) is 35.7. The Morgan fingerprint density at radius 2 is 1.10 bits per heavy atom. The van der Waals surface area contributed by atoms with Gasteiger partial charge in [0.2, 0.25) is 0 Å². The van der Waals surface area contributed by atoms with E-state index < -0.39 is 0 Å². The minimum Gasteiger partial charge on any atom is -0.456 e. The number of para-hydroxylation sites is 1. The van der Waals surface area contributed by atoms with Crippen molar-refractivity contribution in [2.24, 2.45) is 0 Å². The Balaban J connectivity index is 0.965. The highest BCUT2D eigenvalue weighted by Gasteiger charge is 2.36. The third kappa shape index (κ3) is 5.40. The maximum atomic E-state index is 6.31. The molecule has 0 spiro atoms. The van der Waals surface area contributed by atoms with E-state index in [2.05, 4.69) is 204 Å². The Labute approximate surface area is 356 Å². The highest BCUT2D eigenvalue weighted by Crippen LogP contribution is 2.52. The average molecular weight is 781 g/mol. The highest BCUT2D eigenvalue weighted by molar-refractivity contribution is 6.22. The number of allylic oxidation sites excluding steroid dienone is 1. The van der Waals surface area contributed by atoms with E-state index in [1.54, 1.807) is 0 Å². The van der Waals surface area contributed by atoms with Crippen molar-refractivity contribution in [1.29, 1.82) is 0 Å². The summed E-state index contributed by atoms with van der Waals surface area (Å²) in [6.07, 6.45) is 3.33. The van der Waals surface area contributed by atoms with Crippen LogP contribution >= 0.6 is 0 Å². The van der Waals surface area contributed by atoms with Crippen molar-refractivity contribution in [3.63, 3.8) is 0 Å². The largest absolute Gasteiger partial charge is 0.456 e. The Hall–Kier alpha value is -7.22. The second kappa shape index (κ2) is 13.4. The maximum absolute atomic E-state index is 6.31. The van der Waals surface area contributed by atoms with Gasteiger partial charge in [-0.15, -0.1) is 0 Å².